The fourth-order valence-electron chi connectivity index (χ4n) is 0. The van der Waals surface area contributed by atoms with Crippen molar-refractivity contribution in [3.05, 3.63) is 0 Å². The predicted octanol–water partition coefficient (Wildman–Crippen LogP) is -2.95. The van der Waals surface area contributed by atoms with E-state index >= 15 is 0 Å². The molecule has 0 aliphatic heterocycles. The van der Waals surface area contributed by atoms with Crippen molar-refractivity contribution < 1.29 is 46.8 Å². The van der Waals surface area contributed by atoms with E-state index in [1.165, 1.54) is 0 Å². The summed E-state index contributed by atoms with van der Waals surface area (Å²) in [6, 6.07) is 0. The van der Waals surface area contributed by atoms with Crippen LogP contribution in [-0.2, 0) is 31.3 Å². The summed E-state index contributed by atoms with van der Waals surface area (Å²) in [5, 5.41) is 0. The van der Waals surface area contributed by atoms with E-state index in [1.54, 1.807) is 0 Å². The zero-order valence-electron chi connectivity index (χ0n) is 4.13. The summed E-state index contributed by atoms with van der Waals surface area (Å²) in [5.74, 6) is 0. The van der Waals surface area contributed by atoms with Gasteiger partial charge in [-0.05, 0) is 0 Å². The number of hydrogen-bond donors (Lipinski definition) is 2. The van der Waals surface area contributed by atoms with E-state index in [2.05, 4.69) is 0 Å². The van der Waals surface area contributed by atoms with Crippen molar-refractivity contribution in [2.75, 3.05) is 0 Å². The van der Waals surface area contributed by atoms with Gasteiger partial charge in [0.15, 0.2) is 0 Å². The van der Waals surface area contributed by atoms with Gasteiger partial charge in [0, 0.05) is 10.4 Å². The summed E-state index contributed by atoms with van der Waals surface area (Å²) in [6.07, 6.45) is 0. The average molecular weight is 280 g/mol. The molecular formula is H2MnO7SSe. The SMILES string of the molecule is O=S(=O)([O-])[O-].O=[Se](O)O.[Mn+2]. The second-order valence-corrected chi connectivity index (χ2v) is 2.42. The molecule has 0 aromatic heterocycles. The smallest absolute Gasteiger partial charge is 2.00 e. The largest absolute Gasteiger partial charge is 2.00 e. The maximum Gasteiger partial charge on any atom is 2.00 e. The van der Waals surface area contributed by atoms with Crippen LogP contribution in [0, 0.1) is 0 Å². The van der Waals surface area contributed by atoms with Crippen LogP contribution in [0.3, 0.4) is 0 Å². The van der Waals surface area contributed by atoms with E-state index in [-0.39, 0.29) is 17.1 Å². The minimum atomic E-state index is -5.17. The molecule has 63 valence electrons. The molecule has 2 N–H and O–H groups in total. The van der Waals surface area contributed by atoms with Crippen LogP contribution in [-0.4, -0.2) is 40.4 Å². The predicted molar refractivity (Wildman–Crippen MR) is 21.4 cm³/mol. The third-order valence-corrected chi connectivity index (χ3v) is 0. The Labute approximate surface area is 71.8 Å². The van der Waals surface area contributed by atoms with E-state index in [9.17, 15) is 0 Å². The molecule has 0 heterocycles. The van der Waals surface area contributed by atoms with Crippen molar-refractivity contribution in [2.45, 2.75) is 0 Å². The van der Waals surface area contributed by atoms with Gasteiger partial charge < -0.3 is 9.11 Å². The van der Waals surface area contributed by atoms with Gasteiger partial charge in [-0.25, -0.2) is 0 Å². The Morgan fingerprint density at radius 1 is 1.20 bits per heavy atom. The van der Waals surface area contributed by atoms with Crippen LogP contribution >= 0.6 is 0 Å². The van der Waals surface area contributed by atoms with Crippen LogP contribution < -0.4 is 0 Å². The fraction of sp³-hybridized carbons (Fsp3) is 0. The number of hydrogen-bond acceptors (Lipinski definition) is 5. The van der Waals surface area contributed by atoms with Gasteiger partial charge in [-0.2, -0.15) is 0 Å². The van der Waals surface area contributed by atoms with Crippen molar-refractivity contribution >= 4 is 24.9 Å². The zero-order chi connectivity index (χ0) is 8.08. The minimum absolute atomic E-state index is 0. The van der Waals surface area contributed by atoms with Crippen LogP contribution in [0.4, 0.5) is 0 Å². The van der Waals surface area contributed by atoms with Gasteiger partial charge in [0.05, 0.1) is 0 Å². The number of rotatable bonds is 0. The Balaban J connectivity index is -0.0000000910. The van der Waals surface area contributed by atoms with Crippen molar-refractivity contribution in [2.24, 2.45) is 0 Å². The van der Waals surface area contributed by atoms with Crippen LogP contribution in [0.15, 0.2) is 0 Å². The van der Waals surface area contributed by atoms with Gasteiger partial charge in [-0.1, -0.05) is 0 Å². The summed E-state index contributed by atoms with van der Waals surface area (Å²) in [7, 11) is -5.17. The van der Waals surface area contributed by atoms with Gasteiger partial charge in [-0.15, -0.1) is 0 Å². The molecule has 1 radical (unpaired) electrons. The Bertz CT molecular complexity index is 156. The first-order valence-electron chi connectivity index (χ1n) is 1.20. The monoisotopic (exact) mass is 281 g/mol. The molecule has 0 aliphatic carbocycles. The Kier molecular flexibility index (Phi) is 13.1. The molecule has 0 aromatic rings. The first kappa shape index (κ1) is 16.9. The summed E-state index contributed by atoms with van der Waals surface area (Å²) < 4.78 is 57.2. The molecule has 0 aromatic carbocycles. The normalized spacial score (nSPS) is 9.30. The molecule has 0 amide bonds. The summed E-state index contributed by atoms with van der Waals surface area (Å²) in [4.78, 5) is 0. The molecule has 0 bridgehead atoms. The Morgan fingerprint density at radius 2 is 1.20 bits per heavy atom. The van der Waals surface area contributed by atoms with E-state index < -0.39 is 24.9 Å². The summed E-state index contributed by atoms with van der Waals surface area (Å²) >= 11 is -3.29. The molecule has 0 aliphatic rings. The third kappa shape index (κ3) is 1270. The summed E-state index contributed by atoms with van der Waals surface area (Å²) in [6.45, 7) is 0. The minimum Gasteiger partial charge on any atom is 2.00 e. The molecule has 0 spiro atoms. The average Bonchev–Trinajstić information content (AvgIpc) is 1.19. The fourth-order valence-corrected chi connectivity index (χ4v) is 0. The molecular weight excluding hydrogens is 278 g/mol. The Hall–Kier alpha value is 0.629. The standard InChI is InChI=1S/Mn.H2O4S.H2O3Se/c;1-5(2,3)4;1-4(2)3/h;(H2,1,2,3,4);(H2,1,2,3)/q+2;;/p-2. The molecule has 0 saturated carbocycles. The van der Waals surface area contributed by atoms with E-state index in [0.717, 1.165) is 0 Å². The van der Waals surface area contributed by atoms with Gasteiger partial charge >= 0.3 is 43.8 Å². The van der Waals surface area contributed by atoms with Crippen molar-refractivity contribution in [1.29, 1.82) is 0 Å². The van der Waals surface area contributed by atoms with Crippen LogP contribution in [0.2, 0.25) is 0 Å². The molecule has 0 rings (SSSR count). The van der Waals surface area contributed by atoms with E-state index in [0.29, 0.717) is 0 Å². The third-order valence-electron chi connectivity index (χ3n) is 0. The summed E-state index contributed by atoms with van der Waals surface area (Å²) in [5.41, 5.74) is 0. The van der Waals surface area contributed by atoms with Crippen LogP contribution in [0.1, 0.15) is 0 Å². The zero-order valence-corrected chi connectivity index (χ0v) is 7.84. The van der Waals surface area contributed by atoms with Crippen molar-refractivity contribution in [3.8, 4) is 0 Å². The second kappa shape index (κ2) is 7.73. The van der Waals surface area contributed by atoms with Gasteiger partial charge in [0.25, 0.3) is 0 Å². The van der Waals surface area contributed by atoms with Crippen LogP contribution in [0.5, 0.6) is 0 Å². The van der Waals surface area contributed by atoms with E-state index in [4.69, 9.17) is 29.7 Å². The quantitative estimate of drug-likeness (QED) is 0.275. The molecule has 10 heteroatoms. The molecule has 0 saturated heterocycles. The Morgan fingerprint density at radius 3 is 1.20 bits per heavy atom. The molecule has 0 fully saturated rings. The molecule has 0 atom stereocenters. The molecule has 0 unspecified atom stereocenters. The van der Waals surface area contributed by atoms with Crippen molar-refractivity contribution in [3.63, 3.8) is 0 Å². The van der Waals surface area contributed by atoms with Gasteiger partial charge in [-0.3, -0.25) is 8.42 Å². The molecule has 7 nitrogen and oxygen atoms in total. The first-order chi connectivity index (χ1) is 3.73. The maximum absolute atomic E-state index is 8.76. The van der Waals surface area contributed by atoms with Crippen molar-refractivity contribution in [1.82, 2.24) is 0 Å². The first-order valence-corrected chi connectivity index (χ1v) is 4.76. The molecule has 10 heavy (non-hydrogen) atoms. The maximum atomic E-state index is 8.76. The van der Waals surface area contributed by atoms with Gasteiger partial charge in [0.1, 0.15) is 0 Å². The topological polar surface area (TPSA) is 138 Å². The van der Waals surface area contributed by atoms with Gasteiger partial charge in [0.2, 0.25) is 0 Å². The van der Waals surface area contributed by atoms with E-state index in [1.807, 2.05) is 0 Å². The van der Waals surface area contributed by atoms with Crippen LogP contribution in [0.25, 0.3) is 0 Å². The second-order valence-electron chi connectivity index (χ2n) is 0.639.